The van der Waals surface area contributed by atoms with E-state index in [0.717, 1.165) is 12.8 Å². The molecule has 0 aliphatic carbocycles. The molecule has 0 aromatic heterocycles. The second-order valence-electron chi connectivity index (χ2n) is 8.40. The van der Waals surface area contributed by atoms with Crippen molar-refractivity contribution in [2.24, 2.45) is 11.8 Å². The molecule has 0 bridgehead atoms. The van der Waals surface area contributed by atoms with E-state index in [1.54, 1.807) is 6.08 Å². The van der Waals surface area contributed by atoms with Gasteiger partial charge in [-0.15, -0.1) is 25.6 Å². The molecule has 8 atom stereocenters. The minimum Gasteiger partial charge on any atom is -0.387 e. The first kappa shape index (κ1) is 26.6. The summed E-state index contributed by atoms with van der Waals surface area (Å²) >= 11 is 0. The second-order valence-corrected chi connectivity index (χ2v) is 8.40. The van der Waals surface area contributed by atoms with Gasteiger partial charge in [-0.2, -0.15) is 0 Å². The lowest BCUT2D eigenvalue weighted by Crippen LogP contribution is -2.37. The second kappa shape index (κ2) is 9.77. The van der Waals surface area contributed by atoms with E-state index in [1.807, 2.05) is 33.8 Å². The maximum absolute atomic E-state index is 9.76. The smallest absolute Gasteiger partial charge is 0.188 e. The van der Waals surface area contributed by atoms with Gasteiger partial charge in [0.05, 0.1) is 11.2 Å². The van der Waals surface area contributed by atoms with Crippen molar-refractivity contribution >= 4 is 12.4 Å². The zero-order chi connectivity index (χ0) is 21.3. The number of hydrogen-bond donors (Lipinski definition) is 1. The fourth-order valence-electron chi connectivity index (χ4n) is 4.46. The molecule has 3 rings (SSSR count). The number of methoxy groups -OCH3 is 1. The number of aliphatic hydroxyl groups is 1. The minimum absolute atomic E-state index is 0. The molecule has 7 heteroatoms. The summed E-state index contributed by atoms with van der Waals surface area (Å²) in [5, 5.41) is 9.76. The lowest BCUT2D eigenvalue weighted by molar-refractivity contribution is -0.223. The summed E-state index contributed by atoms with van der Waals surface area (Å²) in [6.45, 7) is 19.7. The predicted octanol–water partition coefficient (Wildman–Crippen LogP) is 4.21. The Morgan fingerprint density at radius 3 is 1.79 bits per heavy atom. The van der Waals surface area contributed by atoms with Crippen LogP contribution in [0.2, 0.25) is 0 Å². The van der Waals surface area contributed by atoms with Crippen LogP contribution in [0.4, 0.5) is 0 Å². The van der Waals surface area contributed by atoms with E-state index in [-0.39, 0.29) is 42.2 Å². The normalized spacial score (nSPS) is 45.0. The standard InChI is InChI=1S/C12H20O3.C10H18O3.ClH/c1-6-12(7-2)8(3)9-10(15-12)14-11(4,5)13-9;1-5-10(6-2)7(3)8(11)9(12-4)13-10;/h6,8-10H,1,7H2,2-5H3;5,7-9,11H,1,6H2,2-4H3;1H/t8-,9+,10-,12+;7-,8+,9?,10+;/m00./s1. The monoisotopic (exact) mass is 434 g/mol. The summed E-state index contributed by atoms with van der Waals surface area (Å²) in [5.41, 5.74) is -0.716. The van der Waals surface area contributed by atoms with Crippen molar-refractivity contribution < 1.29 is 28.8 Å². The molecule has 0 spiro atoms. The van der Waals surface area contributed by atoms with Crippen LogP contribution in [0, 0.1) is 11.8 Å². The molecule has 3 heterocycles. The SMILES string of the molecule is C=C[C@]1(CC)OC(OC)[C@H](O)[C@@H]1C.C=C[C@]1(CC)O[C@@H]2OC(C)(C)O[C@@H]2[C@@H]1C.Cl. The first-order valence-corrected chi connectivity index (χ1v) is 10.2. The highest BCUT2D eigenvalue weighted by atomic mass is 35.5. The third kappa shape index (κ3) is 4.74. The molecule has 29 heavy (non-hydrogen) atoms. The van der Waals surface area contributed by atoms with Crippen LogP contribution in [0.5, 0.6) is 0 Å². The van der Waals surface area contributed by atoms with Gasteiger partial charge in [0.2, 0.25) is 0 Å². The van der Waals surface area contributed by atoms with Gasteiger partial charge in [-0.05, 0) is 26.7 Å². The third-order valence-electron chi connectivity index (χ3n) is 6.61. The van der Waals surface area contributed by atoms with Crippen molar-refractivity contribution in [1.82, 2.24) is 0 Å². The van der Waals surface area contributed by atoms with E-state index >= 15 is 0 Å². The number of ether oxygens (including phenoxy) is 5. The van der Waals surface area contributed by atoms with Crippen molar-refractivity contribution in [1.29, 1.82) is 0 Å². The number of halogens is 1. The van der Waals surface area contributed by atoms with Crippen molar-refractivity contribution in [2.45, 2.75) is 96.2 Å². The molecular weight excluding hydrogens is 396 g/mol. The Labute approximate surface area is 182 Å². The van der Waals surface area contributed by atoms with Crippen molar-refractivity contribution in [3.63, 3.8) is 0 Å². The largest absolute Gasteiger partial charge is 0.387 e. The average Bonchev–Trinajstić information content (AvgIpc) is 3.22. The Morgan fingerprint density at radius 1 is 0.931 bits per heavy atom. The molecule has 0 aromatic carbocycles. The molecule has 170 valence electrons. The Hall–Kier alpha value is -0.470. The Balaban J connectivity index is 0.000000284. The average molecular weight is 435 g/mol. The van der Waals surface area contributed by atoms with Gasteiger partial charge in [-0.3, -0.25) is 0 Å². The van der Waals surface area contributed by atoms with E-state index < -0.39 is 23.8 Å². The number of aliphatic hydroxyl groups excluding tert-OH is 1. The molecule has 0 radical (unpaired) electrons. The van der Waals surface area contributed by atoms with Crippen LogP contribution in [-0.2, 0) is 23.7 Å². The molecule has 3 saturated heterocycles. The summed E-state index contributed by atoms with van der Waals surface area (Å²) in [6, 6.07) is 0. The quantitative estimate of drug-likeness (QED) is 0.654. The van der Waals surface area contributed by atoms with E-state index in [4.69, 9.17) is 23.7 Å². The van der Waals surface area contributed by atoms with Gasteiger partial charge in [0.1, 0.15) is 12.2 Å². The fourth-order valence-corrected chi connectivity index (χ4v) is 4.46. The summed E-state index contributed by atoms with van der Waals surface area (Å²) in [4.78, 5) is 0. The fraction of sp³-hybridized carbons (Fsp3) is 0.818. The van der Waals surface area contributed by atoms with Gasteiger partial charge in [0, 0.05) is 18.9 Å². The van der Waals surface area contributed by atoms with Crippen LogP contribution in [0.1, 0.15) is 54.4 Å². The van der Waals surface area contributed by atoms with Crippen LogP contribution in [-0.4, -0.2) is 54.0 Å². The molecule has 0 amide bonds. The van der Waals surface area contributed by atoms with Gasteiger partial charge in [-0.25, -0.2) is 0 Å². The highest BCUT2D eigenvalue weighted by Gasteiger charge is 2.58. The van der Waals surface area contributed by atoms with Gasteiger partial charge in [0.15, 0.2) is 18.4 Å². The van der Waals surface area contributed by atoms with Gasteiger partial charge < -0.3 is 28.8 Å². The van der Waals surface area contributed by atoms with Gasteiger partial charge in [-0.1, -0.05) is 39.8 Å². The molecule has 3 fully saturated rings. The summed E-state index contributed by atoms with van der Waals surface area (Å²) in [6.07, 6.45) is 4.05. The van der Waals surface area contributed by atoms with Crippen LogP contribution >= 0.6 is 12.4 Å². The summed E-state index contributed by atoms with van der Waals surface area (Å²) < 4.78 is 28.2. The zero-order valence-electron chi connectivity index (χ0n) is 18.8. The highest BCUT2D eigenvalue weighted by molar-refractivity contribution is 5.85. The van der Waals surface area contributed by atoms with Crippen LogP contribution < -0.4 is 0 Å². The topological polar surface area (TPSA) is 66.4 Å². The first-order chi connectivity index (χ1) is 13.0. The summed E-state index contributed by atoms with van der Waals surface area (Å²) in [7, 11) is 1.54. The highest BCUT2D eigenvalue weighted by Crippen LogP contribution is 2.47. The lowest BCUT2D eigenvalue weighted by atomic mass is 9.85. The van der Waals surface area contributed by atoms with Gasteiger partial charge in [0.25, 0.3) is 0 Å². The Bertz CT molecular complexity index is 570. The van der Waals surface area contributed by atoms with Crippen molar-refractivity contribution in [2.75, 3.05) is 7.11 Å². The van der Waals surface area contributed by atoms with E-state index in [2.05, 4.69) is 27.0 Å². The van der Waals surface area contributed by atoms with Crippen LogP contribution in [0.25, 0.3) is 0 Å². The molecule has 3 aliphatic rings. The first-order valence-electron chi connectivity index (χ1n) is 10.2. The van der Waals surface area contributed by atoms with Crippen molar-refractivity contribution in [3.8, 4) is 0 Å². The molecule has 0 saturated carbocycles. The van der Waals surface area contributed by atoms with Gasteiger partial charge >= 0.3 is 0 Å². The maximum atomic E-state index is 9.76. The third-order valence-corrected chi connectivity index (χ3v) is 6.61. The summed E-state index contributed by atoms with van der Waals surface area (Å²) in [5.74, 6) is -0.211. The molecular formula is C22H39ClO6. The molecule has 1 unspecified atom stereocenters. The Morgan fingerprint density at radius 2 is 1.45 bits per heavy atom. The molecule has 1 N–H and O–H groups in total. The van der Waals surface area contributed by atoms with E-state index in [0.29, 0.717) is 0 Å². The molecule has 3 aliphatic heterocycles. The number of hydrogen-bond acceptors (Lipinski definition) is 6. The maximum Gasteiger partial charge on any atom is 0.188 e. The van der Waals surface area contributed by atoms with Crippen LogP contribution in [0.15, 0.2) is 25.3 Å². The lowest BCUT2D eigenvalue weighted by Gasteiger charge is -2.31. The minimum atomic E-state index is -0.567. The molecule has 0 aromatic rings. The van der Waals surface area contributed by atoms with Crippen molar-refractivity contribution in [3.05, 3.63) is 25.3 Å². The van der Waals surface area contributed by atoms with E-state index in [1.165, 1.54) is 7.11 Å². The van der Waals surface area contributed by atoms with E-state index in [9.17, 15) is 5.11 Å². The predicted molar refractivity (Wildman–Crippen MR) is 115 cm³/mol. The molecule has 6 nitrogen and oxygen atoms in total. The zero-order valence-corrected chi connectivity index (χ0v) is 19.7. The van der Waals surface area contributed by atoms with Crippen LogP contribution in [0.3, 0.4) is 0 Å². The number of rotatable bonds is 5. The Kier molecular flexibility index (Phi) is 8.95. The number of fused-ring (bicyclic) bond motifs is 1.